The lowest BCUT2D eigenvalue weighted by Gasteiger charge is -2.34. The third kappa shape index (κ3) is 3.49. The average Bonchev–Trinajstić information content (AvgIpc) is 3.35. The van der Waals surface area contributed by atoms with Crippen LogP contribution in [0.15, 0.2) is 42.5 Å². The van der Waals surface area contributed by atoms with E-state index in [4.69, 9.17) is 4.98 Å². The van der Waals surface area contributed by atoms with E-state index in [0.29, 0.717) is 18.0 Å². The van der Waals surface area contributed by atoms with E-state index in [9.17, 15) is 0 Å². The van der Waals surface area contributed by atoms with Gasteiger partial charge in [-0.1, -0.05) is 63.8 Å². The van der Waals surface area contributed by atoms with Gasteiger partial charge in [0.25, 0.3) is 0 Å². The van der Waals surface area contributed by atoms with Gasteiger partial charge < -0.3 is 4.90 Å². The molecule has 34 heavy (non-hydrogen) atoms. The molecule has 1 saturated heterocycles. The number of benzene rings is 1. The van der Waals surface area contributed by atoms with Gasteiger partial charge in [-0.2, -0.15) is 0 Å². The highest BCUT2D eigenvalue weighted by Gasteiger charge is 2.47. The Hall–Kier alpha value is -2.29. The summed E-state index contributed by atoms with van der Waals surface area (Å²) in [6.07, 6.45) is 13.3. The van der Waals surface area contributed by atoms with Gasteiger partial charge in [-0.05, 0) is 87.0 Å². The number of nitrogens with zero attached hydrogens (tertiary/aromatic N) is 3. The molecule has 2 aliphatic carbocycles. The largest absolute Gasteiger partial charge is 0.350 e. The van der Waals surface area contributed by atoms with E-state index in [1.54, 1.807) is 5.56 Å². The zero-order chi connectivity index (χ0) is 23.2. The average molecular weight is 456 g/mol. The number of anilines is 1. The van der Waals surface area contributed by atoms with Crippen LogP contribution in [0, 0.1) is 11.8 Å². The molecule has 0 spiro atoms. The zero-order valence-corrected chi connectivity index (χ0v) is 21.3. The first-order valence-electron chi connectivity index (χ1n) is 14.1. The number of hydrogen-bond donors (Lipinski definition) is 0. The molecule has 1 saturated carbocycles. The summed E-state index contributed by atoms with van der Waals surface area (Å²) in [6.45, 7) is 7.23. The predicted molar refractivity (Wildman–Crippen MR) is 143 cm³/mol. The molecule has 3 heteroatoms. The zero-order valence-electron chi connectivity index (χ0n) is 21.3. The summed E-state index contributed by atoms with van der Waals surface area (Å²) in [5.41, 5.74) is 4.39. The minimum atomic E-state index is 0.577. The van der Waals surface area contributed by atoms with Crippen LogP contribution >= 0.6 is 0 Å². The number of fused-ring (bicyclic) bond motifs is 4. The first-order valence-corrected chi connectivity index (χ1v) is 14.1. The van der Waals surface area contributed by atoms with E-state index >= 15 is 0 Å². The number of hydrogen-bond acceptors (Lipinski definition) is 2. The number of aromatic nitrogens is 2. The Morgan fingerprint density at radius 1 is 0.912 bits per heavy atom. The number of pyridine rings is 1. The van der Waals surface area contributed by atoms with Crippen molar-refractivity contribution >= 4 is 16.7 Å². The summed E-state index contributed by atoms with van der Waals surface area (Å²) in [6, 6.07) is 17.0. The Labute approximate surface area is 205 Å². The van der Waals surface area contributed by atoms with E-state index < -0.39 is 0 Å². The highest BCUT2D eigenvalue weighted by Crippen LogP contribution is 2.47. The van der Waals surface area contributed by atoms with Gasteiger partial charge in [-0.25, -0.2) is 4.98 Å². The lowest BCUT2D eigenvalue weighted by atomic mass is 9.76. The molecule has 3 aliphatic rings. The van der Waals surface area contributed by atoms with E-state index in [2.05, 4.69) is 72.7 Å². The Kier molecular flexibility index (Phi) is 5.91. The number of para-hydroxylation sites is 1. The molecule has 5 unspecified atom stereocenters. The van der Waals surface area contributed by atoms with Crippen molar-refractivity contribution < 1.29 is 0 Å². The molecule has 3 heterocycles. The fraction of sp³-hybridized carbons (Fsp3) is 0.581. The molecule has 0 N–H and O–H groups in total. The third-order valence-electron chi connectivity index (χ3n) is 9.40. The summed E-state index contributed by atoms with van der Waals surface area (Å²) in [7, 11) is 0. The lowest BCUT2D eigenvalue weighted by molar-refractivity contribution is 0.257. The van der Waals surface area contributed by atoms with Gasteiger partial charge in [0, 0.05) is 23.2 Å². The van der Waals surface area contributed by atoms with Crippen LogP contribution in [0.2, 0.25) is 0 Å². The molecule has 5 atom stereocenters. The van der Waals surface area contributed by atoms with Crippen LogP contribution in [-0.4, -0.2) is 21.6 Å². The third-order valence-corrected chi connectivity index (χ3v) is 9.40. The fourth-order valence-electron chi connectivity index (χ4n) is 7.88. The lowest BCUT2D eigenvalue weighted by Crippen LogP contribution is -2.38. The minimum absolute atomic E-state index is 0.577. The van der Waals surface area contributed by atoms with E-state index in [-0.39, 0.29) is 0 Å². The van der Waals surface area contributed by atoms with E-state index in [1.165, 1.54) is 86.6 Å². The second-order valence-corrected chi connectivity index (χ2v) is 11.3. The maximum atomic E-state index is 5.43. The molecule has 2 fully saturated rings. The maximum absolute atomic E-state index is 5.43. The van der Waals surface area contributed by atoms with Crippen LogP contribution < -0.4 is 4.90 Å². The van der Waals surface area contributed by atoms with Crippen molar-refractivity contribution in [3.63, 3.8) is 0 Å². The molecule has 3 aromatic rings. The van der Waals surface area contributed by atoms with Crippen molar-refractivity contribution in [1.29, 1.82) is 0 Å². The summed E-state index contributed by atoms with van der Waals surface area (Å²) >= 11 is 0. The van der Waals surface area contributed by atoms with Gasteiger partial charge >= 0.3 is 0 Å². The normalized spacial score (nSPS) is 28.8. The van der Waals surface area contributed by atoms with Crippen molar-refractivity contribution in [3.05, 3.63) is 53.7 Å². The van der Waals surface area contributed by atoms with E-state index in [0.717, 1.165) is 17.7 Å². The van der Waals surface area contributed by atoms with Gasteiger partial charge in [0.1, 0.15) is 11.6 Å². The summed E-state index contributed by atoms with van der Waals surface area (Å²) in [4.78, 5) is 8.18. The van der Waals surface area contributed by atoms with Crippen LogP contribution in [0.3, 0.4) is 0 Å². The van der Waals surface area contributed by atoms with Crippen molar-refractivity contribution in [2.24, 2.45) is 11.8 Å². The van der Waals surface area contributed by atoms with Crippen molar-refractivity contribution in [3.8, 4) is 5.82 Å². The SMILES string of the molecule is CCCCC1C2CCCCC2N(c2cccc(-n3c4c(c5ccccc53)CCCC4C)n2)C1C. The van der Waals surface area contributed by atoms with Crippen LogP contribution in [-0.2, 0) is 6.42 Å². The molecule has 1 aliphatic heterocycles. The fourth-order valence-corrected chi connectivity index (χ4v) is 7.88. The van der Waals surface area contributed by atoms with E-state index in [1.807, 2.05) is 0 Å². The summed E-state index contributed by atoms with van der Waals surface area (Å²) in [5, 5.41) is 1.43. The Balaban J connectivity index is 1.44. The molecule has 180 valence electrons. The standard InChI is InChI=1S/C31H41N3/c1-4-5-13-23-22(3)33(27-17-8-6-14-24(23)27)29-19-11-20-30(32-29)34-28-18-9-7-15-25(28)26-16-10-12-21(2)31(26)34/h7,9,11,15,18-24,27H,4-6,8,10,12-14,16-17H2,1-3H3. The van der Waals surface area contributed by atoms with Crippen molar-refractivity contribution in [1.82, 2.24) is 9.55 Å². The van der Waals surface area contributed by atoms with Crippen molar-refractivity contribution in [2.45, 2.75) is 103 Å². The molecular formula is C31H41N3. The van der Waals surface area contributed by atoms with Gasteiger partial charge in [0.05, 0.1) is 5.52 Å². The highest BCUT2D eigenvalue weighted by atomic mass is 15.3. The van der Waals surface area contributed by atoms with Crippen LogP contribution in [0.1, 0.15) is 95.7 Å². The molecule has 0 radical (unpaired) electrons. The van der Waals surface area contributed by atoms with Crippen molar-refractivity contribution in [2.75, 3.05) is 4.90 Å². The summed E-state index contributed by atoms with van der Waals surface area (Å²) < 4.78 is 2.51. The second kappa shape index (κ2) is 9.06. The topological polar surface area (TPSA) is 21.1 Å². The molecule has 0 bridgehead atoms. The van der Waals surface area contributed by atoms with Gasteiger partial charge in [0.2, 0.25) is 0 Å². The van der Waals surface area contributed by atoms with Crippen LogP contribution in [0.5, 0.6) is 0 Å². The first-order chi connectivity index (χ1) is 16.7. The number of unbranched alkanes of at least 4 members (excludes halogenated alkanes) is 1. The smallest absolute Gasteiger partial charge is 0.139 e. The number of aryl methyl sites for hydroxylation is 1. The van der Waals surface area contributed by atoms with Gasteiger partial charge in [-0.15, -0.1) is 0 Å². The molecule has 1 aromatic carbocycles. The van der Waals surface area contributed by atoms with Gasteiger partial charge in [-0.3, -0.25) is 4.57 Å². The molecule has 2 aromatic heterocycles. The number of rotatable bonds is 5. The maximum Gasteiger partial charge on any atom is 0.139 e. The Morgan fingerprint density at radius 2 is 1.74 bits per heavy atom. The second-order valence-electron chi connectivity index (χ2n) is 11.3. The molecular weight excluding hydrogens is 414 g/mol. The van der Waals surface area contributed by atoms with Crippen LogP contribution in [0.25, 0.3) is 16.7 Å². The Bertz CT molecular complexity index is 1160. The highest BCUT2D eigenvalue weighted by molar-refractivity contribution is 5.87. The molecule has 0 amide bonds. The monoisotopic (exact) mass is 455 g/mol. The quantitative estimate of drug-likeness (QED) is 0.388. The molecule has 3 nitrogen and oxygen atoms in total. The Morgan fingerprint density at radius 3 is 2.62 bits per heavy atom. The first kappa shape index (κ1) is 22.2. The minimum Gasteiger partial charge on any atom is -0.350 e. The van der Waals surface area contributed by atoms with Crippen LogP contribution in [0.4, 0.5) is 5.82 Å². The molecule has 6 rings (SSSR count). The predicted octanol–water partition coefficient (Wildman–Crippen LogP) is 8.04. The van der Waals surface area contributed by atoms with Gasteiger partial charge in [0.15, 0.2) is 0 Å². The summed E-state index contributed by atoms with van der Waals surface area (Å²) in [5.74, 6) is 4.56.